The summed E-state index contributed by atoms with van der Waals surface area (Å²) in [4.78, 5) is 16.2. The summed E-state index contributed by atoms with van der Waals surface area (Å²) in [5.74, 6) is 1.37. The molecule has 1 atom stereocenters. The first-order chi connectivity index (χ1) is 11.6. The normalized spacial score (nSPS) is 24.0. The molecule has 2 aliphatic heterocycles. The van der Waals surface area contributed by atoms with E-state index in [0.717, 1.165) is 50.4 Å². The molecular weight excluding hydrogens is 320 g/mol. The highest BCUT2D eigenvalue weighted by molar-refractivity contribution is 7.13. The Labute approximate surface area is 149 Å². The summed E-state index contributed by atoms with van der Waals surface area (Å²) < 4.78 is 0. The number of nitrogens with zero attached hydrogens (tertiary/aromatic N) is 5. The molecule has 1 aromatic rings. The molecule has 2 fully saturated rings. The molecule has 0 amide bonds. The Morgan fingerprint density at radius 2 is 2.12 bits per heavy atom. The highest BCUT2D eigenvalue weighted by atomic mass is 32.1. The fourth-order valence-electron chi connectivity index (χ4n) is 3.54. The second-order valence-electron chi connectivity index (χ2n) is 7.08. The number of piperazine rings is 1. The Morgan fingerprint density at radius 1 is 1.33 bits per heavy atom. The van der Waals surface area contributed by atoms with Gasteiger partial charge >= 0.3 is 0 Å². The standard InChI is InChI=1S/C17H30N6S/c1-14(2)23-6-3-4-15(13-23)12-20-16(18)21-7-9-22(10-8-21)17-19-5-11-24-17/h5,11,14-15H,3-4,6-10,12-13H2,1-2H3,(H2,18,20). The van der Waals surface area contributed by atoms with Crippen molar-refractivity contribution >= 4 is 22.4 Å². The van der Waals surface area contributed by atoms with Gasteiger partial charge in [0.2, 0.25) is 0 Å². The summed E-state index contributed by atoms with van der Waals surface area (Å²) in [7, 11) is 0. The van der Waals surface area contributed by atoms with Crippen molar-refractivity contribution in [2.45, 2.75) is 32.7 Å². The maximum atomic E-state index is 6.25. The number of hydrogen-bond donors (Lipinski definition) is 1. The third-order valence-corrected chi connectivity index (χ3v) is 5.92. The summed E-state index contributed by atoms with van der Waals surface area (Å²) >= 11 is 1.70. The Morgan fingerprint density at radius 3 is 2.79 bits per heavy atom. The van der Waals surface area contributed by atoms with Crippen LogP contribution in [0.4, 0.5) is 5.13 Å². The maximum absolute atomic E-state index is 6.25. The van der Waals surface area contributed by atoms with E-state index in [0.29, 0.717) is 12.0 Å². The number of nitrogens with two attached hydrogens (primary N) is 1. The van der Waals surface area contributed by atoms with E-state index >= 15 is 0 Å². The molecule has 0 saturated carbocycles. The predicted molar refractivity (Wildman–Crippen MR) is 102 cm³/mol. The number of piperidine rings is 1. The number of anilines is 1. The zero-order valence-corrected chi connectivity index (χ0v) is 15.7. The van der Waals surface area contributed by atoms with Crippen LogP contribution in [0.25, 0.3) is 0 Å². The average molecular weight is 351 g/mol. The molecule has 7 heteroatoms. The molecule has 134 valence electrons. The largest absolute Gasteiger partial charge is 0.370 e. The number of likely N-dealkylation sites (tertiary alicyclic amines) is 1. The SMILES string of the molecule is CC(C)N1CCCC(CN=C(N)N2CCN(c3nccs3)CC2)C1. The topological polar surface area (TPSA) is 61.0 Å². The molecule has 0 aliphatic carbocycles. The Bertz CT molecular complexity index is 521. The smallest absolute Gasteiger partial charge is 0.191 e. The lowest BCUT2D eigenvalue weighted by Gasteiger charge is -2.36. The summed E-state index contributed by atoms with van der Waals surface area (Å²) in [6.45, 7) is 11.6. The van der Waals surface area contributed by atoms with Crippen molar-refractivity contribution in [1.82, 2.24) is 14.8 Å². The number of hydrogen-bond acceptors (Lipinski definition) is 5. The molecule has 3 heterocycles. The van der Waals surface area contributed by atoms with Crippen LogP contribution in [-0.4, -0.2) is 72.6 Å². The minimum atomic E-state index is 0.632. The average Bonchev–Trinajstić information content (AvgIpc) is 3.14. The summed E-state index contributed by atoms with van der Waals surface area (Å²) in [5.41, 5.74) is 6.25. The van der Waals surface area contributed by atoms with Gasteiger partial charge in [0.05, 0.1) is 0 Å². The quantitative estimate of drug-likeness (QED) is 0.661. The third-order valence-electron chi connectivity index (χ3n) is 5.09. The van der Waals surface area contributed by atoms with Crippen LogP contribution >= 0.6 is 11.3 Å². The van der Waals surface area contributed by atoms with Crippen molar-refractivity contribution in [3.05, 3.63) is 11.6 Å². The number of rotatable bonds is 4. The van der Waals surface area contributed by atoms with E-state index in [1.54, 1.807) is 11.3 Å². The summed E-state index contributed by atoms with van der Waals surface area (Å²) in [6, 6.07) is 0.632. The molecule has 0 bridgehead atoms. The molecule has 2 N–H and O–H groups in total. The molecule has 24 heavy (non-hydrogen) atoms. The van der Waals surface area contributed by atoms with Gasteiger partial charge in [0.15, 0.2) is 11.1 Å². The van der Waals surface area contributed by atoms with E-state index in [1.165, 1.54) is 19.4 Å². The Balaban J connectivity index is 1.46. The van der Waals surface area contributed by atoms with Crippen molar-refractivity contribution in [3.8, 4) is 0 Å². The van der Waals surface area contributed by atoms with Crippen molar-refractivity contribution < 1.29 is 0 Å². The van der Waals surface area contributed by atoms with Crippen LogP contribution < -0.4 is 10.6 Å². The third kappa shape index (κ3) is 4.39. The van der Waals surface area contributed by atoms with Gasteiger partial charge in [0.1, 0.15) is 0 Å². The van der Waals surface area contributed by atoms with Gasteiger partial charge in [-0.25, -0.2) is 4.98 Å². The fraction of sp³-hybridized carbons (Fsp3) is 0.765. The monoisotopic (exact) mass is 350 g/mol. The molecule has 0 spiro atoms. The molecule has 3 rings (SSSR count). The minimum Gasteiger partial charge on any atom is -0.370 e. The van der Waals surface area contributed by atoms with Crippen LogP contribution in [0.15, 0.2) is 16.6 Å². The molecule has 2 saturated heterocycles. The number of aliphatic imine (C=N–C) groups is 1. The first-order valence-corrected chi connectivity index (χ1v) is 9.95. The van der Waals surface area contributed by atoms with Crippen LogP contribution in [0.5, 0.6) is 0 Å². The fourth-order valence-corrected chi connectivity index (χ4v) is 4.23. The summed E-state index contributed by atoms with van der Waals surface area (Å²) in [5, 5.41) is 3.14. The van der Waals surface area contributed by atoms with Crippen molar-refractivity contribution in [3.63, 3.8) is 0 Å². The zero-order valence-electron chi connectivity index (χ0n) is 14.9. The van der Waals surface area contributed by atoms with E-state index in [-0.39, 0.29) is 0 Å². The molecule has 1 aromatic heterocycles. The molecule has 2 aliphatic rings. The van der Waals surface area contributed by atoms with Gasteiger partial charge in [-0.1, -0.05) is 0 Å². The number of guanidine groups is 1. The van der Waals surface area contributed by atoms with Gasteiger partial charge in [0.25, 0.3) is 0 Å². The molecule has 0 radical (unpaired) electrons. The molecule has 0 aromatic carbocycles. The van der Waals surface area contributed by atoms with E-state index in [9.17, 15) is 0 Å². The maximum Gasteiger partial charge on any atom is 0.191 e. The lowest BCUT2D eigenvalue weighted by molar-refractivity contribution is 0.143. The second kappa shape index (κ2) is 8.16. The minimum absolute atomic E-state index is 0.632. The van der Waals surface area contributed by atoms with Crippen LogP contribution in [0.3, 0.4) is 0 Å². The molecular formula is C17H30N6S. The Hall–Kier alpha value is -1.34. The summed E-state index contributed by atoms with van der Waals surface area (Å²) in [6.07, 6.45) is 4.43. The van der Waals surface area contributed by atoms with Gasteiger partial charge in [-0.05, 0) is 39.2 Å². The highest BCUT2D eigenvalue weighted by Crippen LogP contribution is 2.20. The van der Waals surface area contributed by atoms with E-state index in [2.05, 4.69) is 33.5 Å². The lowest BCUT2D eigenvalue weighted by Crippen LogP contribution is -2.51. The van der Waals surface area contributed by atoms with Crippen LogP contribution in [0.1, 0.15) is 26.7 Å². The lowest BCUT2D eigenvalue weighted by atomic mass is 9.97. The first kappa shape index (κ1) is 17.5. The molecule has 6 nitrogen and oxygen atoms in total. The van der Waals surface area contributed by atoms with Crippen molar-refractivity contribution in [2.75, 3.05) is 50.7 Å². The van der Waals surface area contributed by atoms with E-state index in [4.69, 9.17) is 10.7 Å². The first-order valence-electron chi connectivity index (χ1n) is 9.07. The highest BCUT2D eigenvalue weighted by Gasteiger charge is 2.23. The van der Waals surface area contributed by atoms with Gasteiger partial charge in [0, 0.05) is 56.9 Å². The van der Waals surface area contributed by atoms with Gasteiger partial charge in [-0.15, -0.1) is 11.3 Å². The van der Waals surface area contributed by atoms with Crippen LogP contribution in [0, 0.1) is 5.92 Å². The van der Waals surface area contributed by atoms with Crippen LogP contribution in [-0.2, 0) is 0 Å². The Kier molecular flexibility index (Phi) is 5.94. The van der Waals surface area contributed by atoms with Gasteiger partial charge in [-0.2, -0.15) is 0 Å². The predicted octanol–water partition coefficient (Wildman–Crippen LogP) is 1.70. The number of aromatic nitrogens is 1. The van der Waals surface area contributed by atoms with E-state index in [1.807, 2.05) is 11.6 Å². The van der Waals surface area contributed by atoms with Gasteiger partial charge in [-0.3, -0.25) is 4.99 Å². The van der Waals surface area contributed by atoms with E-state index < -0.39 is 0 Å². The van der Waals surface area contributed by atoms with Crippen LogP contribution in [0.2, 0.25) is 0 Å². The van der Waals surface area contributed by atoms with Crippen molar-refractivity contribution in [2.24, 2.45) is 16.6 Å². The zero-order chi connectivity index (χ0) is 16.9. The molecule has 1 unspecified atom stereocenters. The second-order valence-corrected chi connectivity index (χ2v) is 7.96. The van der Waals surface area contributed by atoms with Gasteiger partial charge < -0.3 is 20.4 Å². The number of thiazole rings is 1. The van der Waals surface area contributed by atoms with Crippen molar-refractivity contribution in [1.29, 1.82) is 0 Å².